The molecule has 2 aromatic heterocycles. The Morgan fingerprint density at radius 3 is 2.85 bits per heavy atom. The van der Waals surface area contributed by atoms with E-state index >= 15 is 0 Å². The number of hydrogen-bond donors (Lipinski definition) is 2. The van der Waals surface area contributed by atoms with E-state index < -0.39 is 0 Å². The van der Waals surface area contributed by atoms with Crippen molar-refractivity contribution >= 4 is 11.0 Å². The summed E-state index contributed by atoms with van der Waals surface area (Å²) in [6.45, 7) is 1.97. The van der Waals surface area contributed by atoms with E-state index in [0.29, 0.717) is 19.8 Å². The fourth-order valence-electron chi connectivity index (χ4n) is 2.62. The van der Waals surface area contributed by atoms with Crippen LogP contribution in [0, 0.1) is 0 Å². The molecule has 102 valence electrons. The van der Waals surface area contributed by atoms with Gasteiger partial charge in [0.05, 0.1) is 35.9 Å². The van der Waals surface area contributed by atoms with Crippen LogP contribution in [0.2, 0.25) is 0 Å². The predicted octanol–water partition coefficient (Wildman–Crippen LogP) is 2.05. The molecule has 1 aromatic carbocycles. The van der Waals surface area contributed by atoms with E-state index in [1.807, 2.05) is 18.2 Å². The Balaban J connectivity index is 1.80. The number of nitrogens with zero attached hydrogens (tertiary/aromatic N) is 1. The fraction of sp³-hybridized carbons (Fsp3) is 0.267. The van der Waals surface area contributed by atoms with Crippen LogP contribution in [0.5, 0.6) is 0 Å². The van der Waals surface area contributed by atoms with Crippen molar-refractivity contribution in [3.05, 3.63) is 42.2 Å². The number of furan rings is 1. The summed E-state index contributed by atoms with van der Waals surface area (Å²) in [7, 11) is 0. The lowest BCUT2D eigenvalue weighted by molar-refractivity contribution is -0.0549. The number of fused-ring (bicyclic) bond motifs is 1. The minimum Gasteiger partial charge on any atom is -0.461 e. The highest BCUT2D eigenvalue weighted by molar-refractivity contribution is 5.79. The Morgan fingerprint density at radius 2 is 2.20 bits per heavy atom. The average molecular weight is 269 g/mol. The van der Waals surface area contributed by atoms with Gasteiger partial charge in [-0.3, -0.25) is 0 Å². The second-order valence-electron chi connectivity index (χ2n) is 5.27. The molecule has 1 saturated heterocycles. The van der Waals surface area contributed by atoms with Crippen LogP contribution in [0.1, 0.15) is 5.56 Å². The number of ether oxygens (including phenoxy) is 1. The van der Waals surface area contributed by atoms with Gasteiger partial charge >= 0.3 is 0 Å². The molecule has 0 bridgehead atoms. The molecule has 0 saturated carbocycles. The van der Waals surface area contributed by atoms with Gasteiger partial charge in [-0.15, -0.1) is 0 Å². The van der Waals surface area contributed by atoms with Gasteiger partial charge in [-0.2, -0.15) is 0 Å². The molecule has 3 aromatic rings. The van der Waals surface area contributed by atoms with Crippen LogP contribution >= 0.6 is 0 Å². The standard InChI is InChI=1S/C15H15N3O2/c16-7-15(8-19-9-15)10-3-4-11-12(6-10)18-14(17-11)13-2-1-5-20-13/h1-6H,7-9,16H2,(H,17,18). The van der Waals surface area contributed by atoms with Crippen LogP contribution in [0.4, 0.5) is 0 Å². The number of benzene rings is 1. The van der Waals surface area contributed by atoms with Gasteiger partial charge in [0.25, 0.3) is 0 Å². The molecule has 5 nitrogen and oxygen atoms in total. The number of aromatic amines is 1. The predicted molar refractivity (Wildman–Crippen MR) is 75.3 cm³/mol. The Hall–Kier alpha value is -2.11. The third kappa shape index (κ3) is 1.60. The second-order valence-corrected chi connectivity index (χ2v) is 5.27. The Bertz CT molecular complexity index is 736. The molecule has 0 atom stereocenters. The summed E-state index contributed by atoms with van der Waals surface area (Å²) in [6.07, 6.45) is 1.64. The van der Waals surface area contributed by atoms with E-state index in [-0.39, 0.29) is 5.41 Å². The Labute approximate surface area is 115 Å². The number of nitrogens with one attached hydrogen (secondary N) is 1. The van der Waals surface area contributed by atoms with Crippen LogP contribution in [0.15, 0.2) is 41.0 Å². The third-order valence-corrected chi connectivity index (χ3v) is 4.00. The molecule has 3 N–H and O–H groups in total. The van der Waals surface area contributed by atoms with Gasteiger partial charge < -0.3 is 19.9 Å². The summed E-state index contributed by atoms with van der Waals surface area (Å²) < 4.78 is 10.7. The molecule has 3 heterocycles. The first-order chi connectivity index (χ1) is 9.81. The zero-order valence-electron chi connectivity index (χ0n) is 10.9. The Kier molecular flexibility index (Phi) is 2.45. The summed E-state index contributed by atoms with van der Waals surface area (Å²) in [4.78, 5) is 7.83. The minimum atomic E-state index is -0.0376. The summed E-state index contributed by atoms with van der Waals surface area (Å²) >= 11 is 0. The average Bonchev–Trinajstić information content (AvgIpc) is 3.06. The molecule has 4 rings (SSSR count). The van der Waals surface area contributed by atoms with Gasteiger partial charge in [0.15, 0.2) is 11.6 Å². The lowest BCUT2D eigenvalue weighted by Gasteiger charge is -2.41. The number of hydrogen-bond acceptors (Lipinski definition) is 4. The molecular weight excluding hydrogens is 254 g/mol. The first-order valence-corrected chi connectivity index (χ1v) is 6.63. The summed E-state index contributed by atoms with van der Waals surface area (Å²) in [5, 5.41) is 0. The van der Waals surface area contributed by atoms with Gasteiger partial charge in [-0.05, 0) is 29.8 Å². The number of rotatable bonds is 3. The molecule has 5 heteroatoms. The molecule has 0 radical (unpaired) electrons. The van der Waals surface area contributed by atoms with Crippen LogP contribution in [-0.4, -0.2) is 29.7 Å². The van der Waals surface area contributed by atoms with Crippen LogP contribution in [-0.2, 0) is 10.2 Å². The molecule has 0 spiro atoms. The maximum absolute atomic E-state index is 5.91. The number of aromatic nitrogens is 2. The van der Waals surface area contributed by atoms with Crippen LogP contribution in [0.25, 0.3) is 22.6 Å². The fourth-order valence-corrected chi connectivity index (χ4v) is 2.62. The first kappa shape index (κ1) is 11.7. The third-order valence-electron chi connectivity index (χ3n) is 4.00. The van der Waals surface area contributed by atoms with Crippen molar-refractivity contribution in [1.82, 2.24) is 9.97 Å². The van der Waals surface area contributed by atoms with E-state index in [0.717, 1.165) is 22.6 Å². The monoisotopic (exact) mass is 269 g/mol. The van der Waals surface area contributed by atoms with E-state index in [9.17, 15) is 0 Å². The zero-order valence-corrected chi connectivity index (χ0v) is 10.9. The van der Waals surface area contributed by atoms with E-state index in [1.165, 1.54) is 5.56 Å². The molecular formula is C15H15N3O2. The Morgan fingerprint density at radius 1 is 1.30 bits per heavy atom. The molecule has 1 aliphatic rings. The zero-order chi connectivity index (χ0) is 13.6. The van der Waals surface area contributed by atoms with Gasteiger partial charge in [-0.1, -0.05) is 6.07 Å². The normalized spacial score (nSPS) is 17.2. The maximum Gasteiger partial charge on any atom is 0.174 e. The van der Waals surface area contributed by atoms with Gasteiger partial charge in [-0.25, -0.2) is 4.98 Å². The number of H-pyrrole nitrogens is 1. The molecule has 0 unspecified atom stereocenters. The van der Waals surface area contributed by atoms with Crippen molar-refractivity contribution in [2.45, 2.75) is 5.41 Å². The highest BCUT2D eigenvalue weighted by Gasteiger charge is 2.39. The first-order valence-electron chi connectivity index (χ1n) is 6.63. The van der Waals surface area contributed by atoms with E-state index in [1.54, 1.807) is 6.26 Å². The van der Waals surface area contributed by atoms with E-state index in [2.05, 4.69) is 22.1 Å². The minimum absolute atomic E-state index is 0.0376. The summed E-state index contributed by atoms with van der Waals surface area (Å²) in [5.74, 6) is 1.48. The van der Waals surface area contributed by atoms with Gasteiger partial charge in [0.2, 0.25) is 0 Å². The topological polar surface area (TPSA) is 77.1 Å². The SMILES string of the molecule is NCC1(c2ccc3nc(-c4ccco4)[nH]c3c2)COC1. The highest BCUT2D eigenvalue weighted by Crippen LogP contribution is 2.33. The number of imidazole rings is 1. The van der Waals surface area contributed by atoms with Crippen LogP contribution < -0.4 is 5.73 Å². The number of nitrogens with two attached hydrogens (primary N) is 1. The van der Waals surface area contributed by atoms with Gasteiger partial charge in [0.1, 0.15) is 0 Å². The quantitative estimate of drug-likeness (QED) is 0.763. The largest absolute Gasteiger partial charge is 0.461 e. The molecule has 1 fully saturated rings. The molecule has 0 aliphatic carbocycles. The summed E-state index contributed by atoms with van der Waals surface area (Å²) in [6, 6.07) is 9.96. The molecule has 20 heavy (non-hydrogen) atoms. The second kappa shape index (κ2) is 4.19. The van der Waals surface area contributed by atoms with E-state index in [4.69, 9.17) is 14.9 Å². The van der Waals surface area contributed by atoms with Crippen LogP contribution in [0.3, 0.4) is 0 Å². The molecule has 1 aliphatic heterocycles. The van der Waals surface area contributed by atoms with Crippen molar-refractivity contribution in [2.24, 2.45) is 5.73 Å². The smallest absolute Gasteiger partial charge is 0.174 e. The van der Waals surface area contributed by atoms with Crippen molar-refractivity contribution in [3.8, 4) is 11.6 Å². The van der Waals surface area contributed by atoms with Crippen molar-refractivity contribution in [3.63, 3.8) is 0 Å². The maximum atomic E-state index is 5.91. The lowest BCUT2D eigenvalue weighted by Crippen LogP contribution is -2.52. The molecule has 0 amide bonds. The summed E-state index contributed by atoms with van der Waals surface area (Å²) in [5.41, 5.74) is 8.99. The van der Waals surface area contributed by atoms with Crippen molar-refractivity contribution in [1.29, 1.82) is 0 Å². The van der Waals surface area contributed by atoms with Gasteiger partial charge in [0, 0.05) is 6.54 Å². The van der Waals surface area contributed by atoms with Crippen molar-refractivity contribution < 1.29 is 9.15 Å². The van der Waals surface area contributed by atoms with Crippen molar-refractivity contribution in [2.75, 3.05) is 19.8 Å². The lowest BCUT2D eigenvalue weighted by atomic mass is 9.78. The highest BCUT2D eigenvalue weighted by atomic mass is 16.5.